The summed E-state index contributed by atoms with van der Waals surface area (Å²) in [7, 11) is 0. The van der Waals surface area contributed by atoms with Crippen LogP contribution in [0.3, 0.4) is 0 Å². The maximum atomic E-state index is 14.1. The molecule has 7 nitrogen and oxygen atoms in total. The first-order chi connectivity index (χ1) is 15.0. The second-order valence-electron chi connectivity index (χ2n) is 6.49. The molecular formula is C22H19F2N5O2. The molecule has 3 aromatic rings. The summed E-state index contributed by atoms with van der Waals surface area (Å²) in [5, 5.41) is 13.2. The third-order valence-corrected chi connectivity index (χ3v) is 4.23. The van der Waals surface area contributed by atoms with Gasteiger partial charge < -0.3 is 4.74 Å². The van der Waals surface area contributed by atoms with Crippen molar-refractivity contribution >= 4 is 12.2 Å². The van der Waals surface area contributed by atoms with E-state index in [0.717, 1.165) is 24.8 Å². The van der Waals surface area contributed by atoms with Gasteiger partial charge >= 0.3 is 0 Å². The molecule has 0 spiro atoms. The average molecular weight is 423 g/mol. The number of ether oxygens (including phenoxy) is 1. The predicted octanol–water partition coefficient (Wildman–Crippen LogP) is 4.21. The molecule has 1 heterocycles. The van der Waals surface area contributed by atoms with Crippen LogP contribution in [-0.4, -0.2) is 22.8 Å². The van der Waals surface area contributed by atoms with Gasteiger partial charge in [-0.2, -0.15) is 10.4 Å². The lowest BCUT2D eigenvalue weighted by molar-refractivity contribution is 0.293. The Morgan fingerprint density at radius 1 is 1.29 bits per heavy atom. The number of anilines is 1. The van der Waals surface area contributed by atoms with Crippen LogP contribution in [0.4, 0.5) is 14.7 Å². The number of hydrogen-bond acceptors (Lipinski definition) is 6. The summed E-state index contributed by atoms with van der Waals surface area (Å²) < 4.78 is 33.2. The van der Waals surface area contributed by atoms with E-state index < -0.39 is 17.2 Å². The summed E-state index contributed by atoms with van der Waals surface area (Å²) in [6.07, 6.45) is 2.73. The zero-order valence-corrected chi connectivity index (χ0v) is 16.7. The van der Waals surface area contributed by atoms with E-state index in [1.165, 1.54) is 0 Å². The first-order valence-corrected chi connectivity index (χ1v) is 9.54. The Balaban J connectivity index is 1.89. The molecule has 1 aromatic heterocycles. The number of nitrogens with zero attached hydrogens (tertiary/aromatic N) is 3. The molecule has 0 unspecified atom stereocenters. The number of benzene rings is 2. The molecule has 0 fully saturated rings. The number of rotatable bonds is 8. The molecule has 0 aliphatic carbocycles. The van der Waals surface area contributed by atoms with Crippen molar-refractivity contribution in [2.75, 3.05) is 12.0 Å². The Hall–Kier alpha value is -4.06. The van der Waals surface area contributed by atoms with Crippen molar-refractivity contribution in [2.45, 2.75) is 19.8 Å². The number of nitrogens with one attached hydrogen (secondary N) is 2. The highest BCUT2D eigenvalue weighted by molar-refractivity contribution is 5.84. The number of hydrogen-bond donors (Lipinski definition) is 2. The van der Waals surface area contributed by atoms with E-state index in [4.69, 9.17) is 4.74 Å². The molecule has 0 saturated carbocycles. The Morgan fingerprint density at radius 2 is 2.06 bits per heavy atom. The maximum absolute atomic E-state index is 14.1. The largest absolute Gasteiger partial charge is 0.490 e. The normalized spacial score (nSPS) is 10.8. The molecule has 9 heteroatoms. The van der Waals surface area contributed by atoms with Gasteiger partial charge in [0, 0.05) is 17.2 Å². The lowest BCUT2D eigenvalue weighted by atomic mass is 10.1. The number of halogens is 2. The minimum absolute atomic E-state index is 0.0376. The summed E-state index contributed by atoms with van der Waals surface area (Å²) in [6, 6.07) is 12.4. The lowest BCUT2D eigenvalue weighted by Crippen LogP contribution is -2.16. The third-order valence-electron chi connectivity index (χ3n) is 4.23. The minimum atomic E-state index is -0.839. The number of nitriles is 1. The van der Waals surface area contributed by atoms with Gasteiger partial charge in [-0.3, -0.25) is 9.78 Å². The SMILES string of the molecule is CCCCOc1c(F)cc(F)cc1C=NNc1nc(-c2ccccc2)c(C#N)c(=O)[nH]1. The first kappa shape index (κ1) is 21.6. The fourth-order valence-corrected chi connectivity index (χ4v) is 2.74. The van der Waals surface area contributed by atoms with Gasteiger partial charge in [0.1, 0.15) is 17.4 Å². The predicted molar refractivity (Wildman–Crippen MR) is 113 cm³/mol. The van der Waals surface area contributed by atoms with E-state index in [-0.39, 0.29) is 35.1 Å². The van der Waals surface area contributed by atoms with Crippen molar-refractivity contribution in [3.05, 3.63) is 75.6 Å². The summed E-state index contributed by atoms with van der Waals surface area (Å²) in [5.41, 5.74) is 2.59. The van der Waals surface area contributed by atoms with Crippen LogP contribution in [0.25, 0.3) is 11.3 Å². The van der Waals surface area contributed by atoms with Gasteiger partial charge in [-0.15, -0.1) is 0 Å². The zero-order valence-electron chi connectivity index (χ0n) is 16.7. The molecule has 0 atom stereocenters. The highest BCUT2D eigenvalue weighted by Gasteiger charge is 2.14. The number of aromatic amines is 1. The van der Waals surface area contributed by atoms with Crippen LogP contribution in [0.2, 0.25) is 0 Å². The van der Waals surface area contributed by atoms with E-state index in [0.29, 0.717) is 12.0 Å². The topological polar surface area (TPSA) is 103 Å². The third kappa shape index (κ3) is 5.30. The van der Waals surface area contributed by atoms with Crippen molar-refractivity contribution in [2.24, 2.45) is 5.10 Å². The fourth-order valence-electron chi connectivity index (χ4n) is 2.74. The van der Waals surface area contributed by atoms with Crippen molar-refractivity contribution in [1.82, 2.24) is 9.97 Å². The van der Waals surface area contributed by atoms with Gasteiger partial charge in [-0.25, -0.2) is 19.2 Å². The molecule has 0 saturated heterocycles. The second kappa shape index (κ2) is 10.1. The molecule has 0 bridgehead atoms. The van der Waals surface area contributed by atoms with Gasteiger partial charge in [0.25, 0.3) is 5.56 Å². The number of H-pyrrole nitrogens is 1. The quantitative estimate of drug-likeness (QED) is 0.321. The average Bonchev–Trinajstić information content (AvgIpc) is 2.75. The molecular weight excluding hydrogens is 404 g/mol. The summed E-state index contributed by atoms with van der Waals surface area (Å²) in [4.78, 5) is 18.9. The Morgan fingerprint density at radius 3 is 2.77 bits per heavy atom. The lowest BCUT2D eigenvalue weighted by Gasteiger charge is -2.10. The van der Waals surface area contributed by atoms with E-state index in [1.54, 1.807) is 30.3 Å². The van der Waals surface area contributed by atoms with Crippen LogP contribution in [0.5, 0.6) is 5.75 Å². The Labute approximate surface area is 177 Å². The van der Waals surface area contributed by atoms with Crippen LogP contribution >= 0.6 is 0 Å². The molecule has 158 valence electrons. The van der Waals surface area contributed by atoms with Gasteiger partial charge in [0.15, 0.2) is 11.6 Å². The molecule has 0 amide bonds. The van der Waals surface area contributed by atoms with Gasteiger partial charge in [0.05, 0.1) is 18.5 Å². The smallest absolute Gasteiger partial charge is 0.270 e. The van der Waals surface area contributed by atoms with Crippen molar-refractivity contribution in [3.63, 3.8) is 0 Å². The zero-order chi connectivity index (χ0) is 22.2. The Bertz CT molecular complexity index is 1190. The van der Waals surface area contributed by atoms with Crippen LogP contribution in [-0.2, 0) is 0 Å². The highest BCUT2D eigenvalue weighted by Crippen LogP contribution is 2.24. The van der Waals surface area contributed by atoms with Gasteiger partial charge in [-0.05, 0) is 12.5 Å². The van der Waals surface area contributed by atoms with Gasteiger partial charge in [-0.1, -0.05) is 43.7 Å². The minimum Gasteiger partial charge on any atom is -0.490 e. The van der Waals surface area contributed by atoms with Crippen molar-refractivity contribution in [1.29, 1.82) is 5.26 Å². The summed E-state index contributed by atoms with van der Waals surface area (Å²) in [5.74, 6) is -1.78. The molecule has 3 rings (SSSR count). The second-order valence-corrected chi connectivity index (χ2v) is 6.49. The standard InChI is InChI=1S/C22H19F2N5O2/c1-2-3-9-31-20-15(10-16(23)11-18(20)24)13-26-29-22-27-19(14-7-5-4-6-8-14)17(12-25)21(30)28-22/h4-8,10-11,13H,2-3,9H2,1H3,(H2,27,28,29,30). The van der Waals surface area contributed by atoms with Crippen LogP contribution in [0, 0.1) is 23.0 Å². The summed E-state index contributed by atoms with van der Waals surface area (Å²) in [6.45, 7) is 2.24. The number of aromatic nitrogens is 2. The van der Waals surface area contributed by atoms with Crippen LogP contribution < -0.4 is 15.7 Å². The van der Waals surface area contributed by atoms with Crippen molar-refractivity contribution < 1.29 is 13.5 Å². The van der Waals surface area contributed by atoms with Crippen LogP contribution in [0.1, 0.15) is 30.9 Å². The van der Waals surface area contributed by atoms with E-state index in [1.807, 2.05) is 13.0 Å². The van der Waals surface area contributed by atoms with E-state index in [2.05, 4.69) is 20.5 Å². The molecule has 2 aromatic carbocycles. The van der Waals surface area contributed by atoms with Gasteiger partial charge in [0.2, 0.25) is 5.95 Å². The molecule has 0 aliphatic rings. The summed E-state index contributed by atoms with van der Waals surface area (Å²) >= 11 is 0. The number of unbranched alkanes of at least 4 members (excludes halogenated alkanes) is 1. The fraction of sp³-hybridized carbons (Fsp3) is 0.182. The molecule has 31 heavy (non-hydrogen) atoms. The van der Waals surface area contributed by atoms with E-state index >= 15 is 0 Å². The van der Waals surface area contributed by atoms with Crippen molar-refractivity contribution in [3.8, 4) is 23.1 Å². The molecule has 0 radical (unpaired) electrons. The van der Waals surface area contributed by atoms with Crippen LogP contribution in [0.15, 0.2) is 52.4 Å². The highest BCUT2D eigenvalue weighted by atomic mass is 19.1. The first-order valence-electron chi connectivity index (χ1n) is 9.54. The number of hydrazone groups is 1. The molecule has 0 aliphatic heterocycles. The van der Waals surface area contributed by atoms with E-state index in [9.17, 15) is 18.8 Å². The monoisotopic (exact) mass is 423 g/mol. The maximum Gasteiger partial charge on any atom is 0.270 e. The molecule has 2 N–H and O–H groups in total. The Kier molecular flexibility index (Phi) is 7.06.